The monoisotopic (exact) mass is 434 g/mol. The summed E-state index contributed by atoms with van der Waals surface area (Å²) in [6, 6.07) is 8.53. The topological polar surface area (TPSA) is 133 Å². The molecule has 0 saturated carbocycles. The Labute approximate surface area is 173 Å². The summed E-state index contributed by atoms with van der Waals surface area (Å²) in [6.07, 6.45) is 1.63. The van der Waals surface area contributed by atoms with Gasteiger partial charge in [0.05, 0.1) is 4.90 Å². The minimum atomic E-state index is -3.63. The van der Waals surface area contributed by atoms with Gasteiger partial charge < -0.3 is 20.3 Å². The van der Waals surface area contributed by atoms with E-state index in [-0.39, 0.29) is 16.1 Å². The van der Waals surface area contributed by atoms with Gasteiger partial charge in [-0.05, 0) is 49.6 Å². The molecule has 1 aliphatic rings. The molecule has 0 bridgehead atoms. The van der Waals surface area contributed by atoms with Gasteiger partial charge in [-0.2, -0.15) is 4.31 Å². The summed E-state index contributed by atoms with van der Waals surface area (Å²) in [5, 5.41) is 22.0. The number of anilines is 1. The van der Waals surface area contributed by atoms with Gasteiger partial charge in [0.2, 0.25) is 10.0 Å². The Morgan fingerprint density at radius 1 is 1.10 bits per heavy atom. The van der Waals surface area contributed by atoms with E-state index in [1.165, 1.54) is 40.7 Å². The van der Waals surface area contributed by atoms with Crippen molar-refractivity contribution in [2.75, 3.05) is 25.0 Å². The number of esters is 1. The molecule has 0 unspecified atom stereocenters. The van der Waals surface area contributed by atoms with Gasteiger partial charge in [0.1, 0.15) is 5.56 Å². The second-order valence-electron chi connectivity index (χ2n) is 6.89. The highest BCUT2D eigenvalue weighted by Crippen LogP contribution is 2.32. The number of nitrogens with one attached hydrogen (secondary N) is 1. The molecule has 9 nitrogen and oxygen atoms in total. The molecule has 1 aliphatic heterocycles. The van der Waals surface area contributed by atoms with E-state index in [2.05, 4.69) is 5.32 Å². The molecule has 10 heteroatoms. The first-order chi connectivity index (χ1) is 14.2. The van der Waals surface area contributed by atoms with Gasteiger partial charge in [0.15, 0.2) is 18.1 Å². The molecule has 1 saturated heterocycles. The summed E-state index contributed by atoms with van der Waals surface area (Å²) in [6.45, 7) is 1.83. The molecule has 0 radical (unpaired) electrons. The fourth-order valence-corrected chi connectivity index (χ4v) is 4.63. The molecule has 1 amide bonds. The molecule has 2 aromatic rings. The Morgan fingerprint density at radius 2 is 1.80 bits per heavy atom. The summed E-state index contributed by atoms with van der Waals surface area (Å²) in [5.41, 5.74) is 0.349. The van der Waals surface area contributed by atoms with Crippen LogP contribution in [0.1, 0.15) is 28.8 Å². The van der Waals surface area contributed by atoms with E-state index in [0.29, 0.717) is 18.7 Å². The quantitative estimate of drug-likeness (QED) is 0.468. The highest BCUT2D eigenvalue weighted by Gasteiger charge is 2.27. The third-order valence-corrected chi connectivity index (χ3v) is 6.62. The minimum Gasteiger partial charge on any atom is -0.504 e. The lowest BCUT2D eigenvalue weighted by Gasteiger charge is -2.16. The number of ether oxygens (including phenoxy) is 1. The van der Waals surface area contributed by atoms with Crippen molar-refractivity contribution in [3.8, 4) is 11.5 Å². The number of hydrogen-bond acceptors (Lipinski definition) is 7. The largest absolute Gasteiger partial charge is 0.504 e. The number of phenols is 2. The summed E-state index contributed by atoms with van der Waals surface area (Å²) in [4.78, 5) is 24.2. The Morgan fingerprint density at radius 3 is 2.50 bits per heavy atom. The zero-order valence-electron chi connectivity index (χ0n) is 16.3. The average Bonchev–Trinajstić information content (AvgIpc) is 3.26. The van der Waals surface area contributed by atoms with Gasteiger partial charge in [-0.1, -0.05) is 12.1 Å². The standard InChI is InChI=1S/C20H22N2O7S/c1-13-7-8-16(19(25)18(13)24)20(26)29-12-17(23)21-14-5-4-6-15(11-14)30(27,28)22-9-2-3-10-22/h4-8,11,24-25H,2-3,9-10,12H2,1H3,(H,21,23). The van der Waals surface area contributed by atoms with E-state index in [1.54, 1.807) is 6.92 Å². The van der Waals surface area contributed by atoms with Crippen molar-refractivity contribution in [3.63, 3.8) is 0 Å². The maximum Gasteiger partial charge on any atom is 0.342 e. The lowest BCUT2D eigenvalue weighted by Crippen LogP contribution is -2.28. The van der Waals surface area contributed by atoms with Gasteiger partial charge >= 0.3 is 5.97 Å². The van der Waals surface area contributed by atoms with Crippen molar-refractivity contribution >= 4 is 27.6 Å². The fourth-order valence-electron chi connectivity index (χ4n) is 3.06. The number of nitrogens with zero attached hydrogens (tertiary/aromatic N) is 1. The molecular weight excluding hydrogens is 412 g/mol. The lowest BCUT2D eigenvalue weighted by atomic mass is 10.1. The Bertz CT molecular complexity index is 1080. The molecule has 0 atom stereocenters. The van der Waals surface area contributed by atoms with Crippen molar-refractivity contribution in [3.05, 3.63) is 47.5 Å². The van der Waals surface area contributed by atoms with Crippen LogP contribution >= 0.6 is 0 Å². The first-order valence-electron chi connectivity index (χ1n) is 9.29. The van der Waals surface area contributed by atoms with E-state index in [4.69, 9.17) is 4.74 Å². The number of carbonyl (C=O) groups excluding carboxylic acids is 2. The number of rotatable bonds is 6. The van der Waals surface area contributed by atoms with Crippen LogP contribution in [0.5, 0.6) is 11.5 Å². The highest BCUT2D eigenvalue weighted by molar-refractivity contribution is 7.89. The maximum atomic E-state index is 12.6. The Balaban J connectivity index is 1.63. The van der Waals surface area contributed by atoms with Gasteiger partial charge in [-0.3, -0.25) is 4.79 Å². The van der Waals surface area contributed by atoms with E-state index < -0.39 is 40.0 Å². The van der Waals surface area contributed by atoms with Crippen molar-refractivity contribution in [2.45, 2.75) is 24.7 Å². The van der Waals surface area contributed by atoms with Crippen molar-refractivity contribution in [1.82, 2.24) is 4.31 Å². The number of carbonyl (C=O) groups is 2. The molecule has 160 valence electrons. The van der Waals surface area contributed by atoms with Crippen LogP contribution in [0.2, 0.25) is 0 Å². The van der Waals surface area contributed by atoms with E-state index in [9.17, 15) is 28.2 Å². The number of aromatic hydroxyl groups is 2. The highest BCUT2D eigenvalue weighted by atomic mass is 32.2. The van der Waals surface area contributed by atoms with Crippen molar-refractivity contribution < 1.29 is 33.0 Å². The van der Waals surface area contributed by atoms with Gasteiger partial charge in [0, 0.05) is 18.8 Å². The first kappa shape index (κ1) is 21.6. The smallest absolute Gasteiger partial charge is 0.342 e. The third kappa shape index (κ3) is 4.55. The summed E-state index contributed by atoms with van der Waals surface area (Å²) >= 11 is 0. The van der Waals surface area contributed by atoms with Crippen LogP contribution in [0, 0.1) is 6.92 Å². The van der Waals surface area contributed by atoms with Crippen LogP contribution in [0.4, 0.5) is 5.69 Å². The summed E-state index contributed by atoms with van der Waals surface area (Å²) < 4.78 is 31.5. The third-order valence-electron chi connectivity index (χ3n) is 4.73. The van der Waals surface area contributed by atoms with Crippen molar-refractivity contribution in [2.24, 2.45) is 0 Å². The van der Waals surface area contributed by atoms with Crippen LogP contribution in [-0.2, 0) is 19.6 Å². The van der Waals surface area contributed by atoms with E-state index in [1.807, 2.05) is 0 Å². The molecule has 30 heavy (non-hydrogen) atoms. The molecule has 1 heterocycles. The molecule has 1 fully saturated rings. The number of hydrogen-bond donors (Lipinski definition) is 3. The second-order valence-corrected chi connectivity index (χ2v) is 8.83. The zero-order chi connectivity index (χ0) is 21.9. The van der Waals surface area contributed by atoms with Gasteiger partial charge in [-0.25, -0.2) is 13.2 Å². The Kier molecular flexibility index (Phi) is 6.28. The second kappa shape index (κ2) is 8.72. The number of sulfonamides is 1. The number of aryl methyl sites for hydroxylation is 1. The number of benzene rings is 2. The average molecular weight is 434 g/mol. The van der Waals surface area contributed by atoms with Crippen LogP contribution in [0.3, 0.4) is 0 Å². The van der Waals surface area contributed by atoms with Crippen LogP contribution < -0.4 is 5.32 Å². The molecular formula is C20H22N2O7S. The van der Waals surface area contributed by atoms with E-state index in [0.717, 1.165) is 12.8 Å². The number of phenolic OH excluding ortho intramolecular Hbond substituents is 2. The molecule has 0 spiro atoms. The van der Waals surface area contributed by atoms with Crippen LogP contribution in [0.25, 0.3) is 0 Å². The van der Waals surface area contributed by atoms with Gasteiger partial charge in [0.25, 0.3) is 5.91 Å². The van der Waals surface area contributed by atoms with Crippen molar-refractivity contribution in [1.29, 1.82) is 0 Å². The predicted molar refractivity (Wildman–Crippen MR) is 108 cm³/mol. The Hall–Kier alpha value is -3.11. The SMILES string of the molecule is Cc1ccc(C(=O)OCC(=O)Nc2cccc(S(=O)(=O)N3CCCC3)c2)c(O)c1O. The van der Waals surface area contributed by atoms with Crippen LogP contribution in [-0.4, -0.2) is 54.5 Å². The molecule has 0 aromatic heterocycles. The summed E-state index contributed by atoms with van der Waals surface area (Å²) in [7, 11) is -3.63. The fraction of sp³-hybridized carbons (Fsp3) is 0.300. The zero-order valence-corrected chi connectivity index (χ0v) is 17.1. The first-order valence-corrected chi connectivity index (χ1v) is 10.7. The normalized spacial score (nSPS) is 14.4. The molecule has 2 aromatic carbocycles. The van der Waals surface area contributed by atoms with Gasteiger partial charge in [-0.15, -0.1) is 0 Å². The summed E-state index contributed by atoms with van der Waals surface area (Å²) in [5.74, 6) is -2.73. The molecule has 0 aliphatic carbocycles. The van der Waals surface area contributed by atoms with E-state index >= 15 is 0 Å². The lowest BCUT2D eigenvalue weighted by molar-refractivity contribution is -0.119. The maximum absolute atomic E-state index is 12.6. The molecule has 3 rings (SSSR count). The minimum absolute atomic E-state index is 0.0687. The van der Waals surface area contributed by atoms with Crippen LogP contribution in [0.15, 0.2) is 41.3 Å². The predicted octanol–water partition coefficient (Wildman–Crippen LogP) is 1.99. The number of amides is 1. The molecule has 3 N–H and O–H groups in total.